The third-order valence-corrected chi connectivity index (χ3v) is 4.30. The fraction of sp³-hybridized carbons (Fsp3) is 0.667. The lowest BCUT2D eigenvalue weighted by molar-refractivity contribution is 0.115. The molecule has 19 heavy (non-hydrogen) atoms. The van der Waals surface area contributed by atoms with E-state index < -0.39 is 0 Å². The third kappa shape index (κ3) is 4.26. The molecule has 1 saturated heterocycles. The van der Waals surface area contributed by atoms with Crippen molar-refractivity contribution in [3.63, 3.8) is 0 Å². The van der Waals surface area contributed by atoms with Crippen LogP contribution in [-0.2, 0) is 6.54 Å². The lowest BCUT2D eigenvalue weighted by Gasteiger charge is -2.40. The Balaban J connectivity index is 2.01. The van der Waals surface area contributed by atoms with Crippen LogP contribution in [0.15, 0.2) is 22.9 Å². The Morgan fingerprint density at radius 3 is 2.95 bits per heavy atom. The summed E-state index contributed by atoms with van der Waals surface area (Å²) in [6, 6.07) is 3.47. The van der Waals surface area contributed by atoms with Gasteiger partial charge >= 0.3 is 0 Å². The number of aromatic nitrogens is 1. The summed E-state index contributed by atoms with van der Waals surface area (Å²) < 4.78 is 1.07. The van der Waals surface area contributed by atoms with Gasteiger partial charge in [-0.2, -0.15) is 0 Å². The molecule has 0 aromatic carbocycles. The fourth-order valence-corrected chi connectivity index (χ4v) is 3.26. The molecule has 0 bridgehead atoms. The first-order valence-corrected chi connectivity index (χ1v) is 8.09. The summed E-state index contributed by atoms with van der Waals surface area (Å²) in [5.74, 6) is 0. The third-order valence-electron chi connectivity index (χ3n) is 3.87. The van der Waals surface area contributed by atoms with Crippen LogP contribution < -0.4 is 5.32 Å². The van der Waals surface area contributed by atoms with Gasteiger partial charge in [0.1, 0.15) is 0 Å². The zero-order chi connectivity index (χ0) is 13.7. The zero-order valence-electron chi connectivity index (χ0n) is 11.9. The predicted molar refractivity (Wildman–Crippen MR) is 83.1 cm³/mol. The summed E-state index contributed by atoms with van der Waals surface area (Å²) in [6.45, 7) is 7.81. The van der Waals surface area contributed by atoms with Crippen molar-refractivity contribution in [1.82, 2.24) is 15.2 Å². The molecule has 1 aromatic rings. The van der Waals surface area contributed by atoms with Crippen LogP contribution in [0.2, 0.25) is 0 Å². The first-order valence-electron chi connectivity index (χ1n) is 7.29. The number of halogens is 1. The second-order valence-electron chi connectivity index (χ2n) is 5.40. The van der Waals surface area contributed by atoms with E-state index in [9.17, 15) is 0 Å². The van der Waals surface area contributed by atoms with Gasteiger partial charge in [0.2, 0.25) is 0 Å². The Morgan fingerprint density at radius 2 is 2.26 bits per heavy atom. The van der Waals surface area contributed by atoms with Gasteiger partial charge in [-0.1, -0.05) is 20.3 Å². The lowest BCUT2D eigenvalue weighted by atomic mass is 10.0. The van der Waals surface area contributed by atoms with Crippen LogP contribution in [0.3, 0.4) is 0 Å². The Morgan fingerprint density at radius 1 is 1.42 bits per heavy atom. The molecular weight excluding hydrogens is 302 g/mol. The molecule has 0 radical (unpaired) electrons. The van der Waals surface area contributed by atoms with Gasteiger partial charge in [0, 0.05) is 48.6 Å². The van der Waals surface area contributed by atoms with Gasteiger partial charge in [0.15, 0.2) is 0 Å². The number of nitrogens with one attached hydrogen (secondary N) is 1. The minimum Gasteiger partial charge on any atom is -0.311 e. The van der Waals surface area contributed by atoms with Crippen LogP contribution in [0.25, 0.3) is 0 Å². The molecule has 2 heterocycles. The summed E-state index contributed by atoms with van der Waals surface area (Å²) in [6.07, 6.45) is 7.55. The monoisotopic (exact) mass is 325 g/mol. The quantitative estimate of drug-likeness (QED) is 0.901. The van der Waals surface area contributed by atoms with Gasteiger partial charge in [0.05, 0.1) is 0 Å². The zero-order valence-corrected chi connectivity index (χ0v) is 13.5. The van der Waals surface area contributed by atoms with Crippen molar-refractivity contribution in [3.8, 4) is 0 Å². The smallest absolute Gasteiger partial charge is 0.0410 e. The highest BCUT2D eigenvalue weighted by Crippen LogP contribution is 2.18. The summed E-state index contributed by atoms with van der Waals surface area (Å²) >= 11 is 3.50. The van der Waals surface area contributed by atoms with E-state index in [1.165, 1.54) is 24.8 Å². The summed E-state index contributed by atoms with van der Waals surface area (Å²) in [5, 5.41) is 3.68. The minimum absolute atomic E-state index is 0.645. The molecule has 0 spiro atoms. The molecule has 106 valence electrons. The summed E-state index contributed by atoms with van der Waals surface area (Å²) in [5.41, 5.74) is 1.30. The number of hydrogen-bond acceptors (Lipinski definition) is 3. The van der Waals surface area contributed by atoms with E-state index in [1.54, 1.807) is 0 Å². The van der Waals surface area contributed by atoms with Crippen molar-refractivity contribution >= 4 is 15.9 Å². The van der Waals surface area contributed by atoms with E-state index in [0.717, 1.165) is 24.1 Å². The molecule has 1 aliphatic rings. The van der Waals surface area contributed by atoms with Crippen molar-refractivity contribution in [2.45, 2.75) is 51.7 Å². The minimum atomic E-state index is 0.645. The van der Waals surface area contributed by atoms with E-state index >= 15 is 0 Å². The number of rotatable bonds is 5. The Labute approximate surface area is 124 Å². The van der Waals surface area contributed by atoms with E-state index in [-0.39, 0.29) is 0 Å². The molecule has 4 heteroatoms. The van der Waals surface area contributed by atoms with Crippen molar-refractivity contribution in [2.75, 3.05) is 13.1 Å². The molecule has 1 N–H and O–H groups in total. The van der Waals surface area contributed by atoms with E-state index in [2.05, 4.69) is 51.0 Å². The summed E-state index contributed by atoms with van der Waals surface area (Å²) in [4.78, 5) is 6.88. The predicted octanol–water partition coefficient (Wildman–Crippen LogP) is 3.20. The highest BCUT2D eigenvalue weighted by Gasteiger charge is 2.26. The maximum atomic E-state index is 4.27. The maximum Gasteiger partial charge on any atom is 0.0410 e. The second-order valence-corrected chi connectivity index (χ2v) is 6.31. The first-order chi connectivity index (χ1) is 9.22. The van der Waals surface area contributed by atoms with E-state index in [0.29, 0.717) is 12.1 Å². The average Bonchev–Trinajstić information content (AvgIpc) is 2.39. The van der Waals surface area contributed by atoms with Gasteiger partial charge in [-0.3, -0.25) is 9.88 Å². The molecule has 0 saturated carbocycles. The maximum absolute atomic E-state index is 4.27. The van der Waals surface area contributed by atoms with Crippen LogP contribution >= 0.6 is 15.9 Å². The van der Waals surface area contributed by atoms with Crippen LogP contribution in [0.5, 0.6) is 0 Å². The molecule has 2 atom stereocenters. The van der Waals surface area contributed by atoms with Gasteiger partial charge < -0.3 is 5.32 Å². The number of piperazine rings is 1. The largest absolute Gasteiger partial charge is 0.311 e. The fourth-order valence-electron chi connectivity index (χ4n) is 2.84. The van der Waals surface area contributed by atoms with Gasteiger partial charge in [-0.25, -0.2) is 0 Å². The van der Waals surface area contributed by atoms with Crippen molar-refractivity contribution in [2.24, 2.45) is 0 Å². The lowest BCUT2D eigenvalue weighted by Crippen LogP contribution is -2.55. The van der Waals surface area contributed by atoms with Crippen molar-refractivity contribution in [3.05, 3.63) is 28.5 Å². The molecule has 1 aromatic heterocycles. The van der Waals surface area contributed by atoms with Crippen LogP contribution in [0, 0.1) is 0 Å². The Kier molecular flexibility index (Phi) is 5.79. The molecule has 0 amide bonds. The molecule has 2 rings (SSSR count). The normalized spacial score (nSPS) is 24.6. The Bertz CT molecular complexity index is 397. The van der Waals surface area contributed by atoms with E-state index in [4.69, 9.17) is 0 Å². The van der Waals surface area contributed by atoms with Crippen LogP contribution in [0.1, 0.15) is 38.7 Å². The molecule has 1 fully saturated rings. The van der Waals surface area contributed by atoms with Crippen molar-refractivity contribution in [1.29, 1.82) is 0 Å². The van der Waals surface area contributed by atoms with Crippen LogP contribution in [0.4, 0.5) is 0 Å². The molecule has 0 aliphatic carbocycles. The van der Waals surface area contributed by atoms with Gasteiger partial charge in [-0.05, 0) is 40.4 Å². The highest BCUT2D eigenvalue weighted by atomic mass is 79.9. The second kappa shape index (κ2) is 7.36. The number of nitrogens with zero attached hydrogens (tertiary/aromatic N) is 2. The van der Waals surface area contributed by atoms with Gasteiger partial charge in [-0.15, -0.1) is 0 Å². The van der Waals surface area contributed by atoms with Crippen molar-refractivity contribution < 1.29 is 0 Å². The Hall–Kier alpha value is -0.450. The topological polar surface area (TPSA) is 28.2 Å². The molecule has 3 nitrogen and oxygen atoms in total. The highest BCUT2D eigenvalue weighted by molar-refractivity contribution is 9.10. The van der Waals surface area contributed by atoms with Crippen LogP contribution in [-0.4, -0.2) is 35.1 Å². The van der Waals surface area contributed by atoms with Gasteiger partial charge in [0.25, 0.3) is 0 Å². The first kappa shape index (κ1) is 14.9. The van der Waals surface area contributed by atoms with E-state index in [1.807, 2.05) is 12.4 Å². The molecular formula is C15H24BrN3. The summed E-state index contributed by atoms with van der Waals surface area (Å²) in [7, 11) is 0. The standard InChI is InChI=1S/C15H24BrN3/c1-3-5-14-11-19(15(4-2)9-18-14)10-12-6-13(16)8-17-7-12/h6-8,14-15,18H,3-5,9-11H2,1-2H3. The number of hydrogen-bond donors (Lipinski definition) is 1. The number of pyridine rings is 1. The molecule has 2 unspecified atom stereocenters. The molecule has 1 aliphatic heterocycles. The average molecular weight is 326 g/mol. The SMILES string of the molecule is CCCC1CN(Cc2cncc(Br)c2)C(CC)CN1.